The average molecular weight is 94.2 g/mol. The van der Waals surface area contributed by atoms with Crippen molar-refractivity contribution < 1.29 is 0 Å². The van der Waals surface area contributed by atoms with E-state index < -0.39 is 0 Å². The van der Waals surface area contributed by atoms with Crippen molar-refractivity contribution in [3.8, 4) is 0 Å². The summed E-state index contributed by atoms with van der Waals surface area (Å²) in [6.07, 6.45) is 9.07. The molecule has 2 unspecified atom stereocenters. The largest absolute Gasteiger partial charge is 0.0880 e. The highest BCUT2D eigenvalue weighted by Crippen LogP contribution is 2.41. The molecule has 2 atom stereocenters. The molecular formula is C7H10. The Morgan fingerprint density at radius 2 is 2.29 bits per heavy atom. The van der Waals surface area contributed by atoms with Crippen molar-refractivity contribution in [1.82, 2.24) is 0 Å². The van der Waals surface area contributed by atoms with Crippen molar-refractivity contribution in [3.63, 3.8) is 0 Å². The third kappa shape index (κ3) is 0.370. The van der Waals surface area contributed by atoms with Crippen LogP contribution in [-0.4, -0.2) is 0 Å². The fourth-order valence-corrected chi connectivity index (χ4v) is 1.57. The van der Waals surface area contributed by atoms with Crippen molar-refractivity contribution >= 4 is 0 Å². The second kappa shape index (κ2) is 1.12. The van der Waals surface area contributed by atoms with Gasteiger partial charge in [0.2, 0.25) is 0 Å². The van der Waals surface area contributed by atoms with Crippen molar-refractivity contribution in [1.29, 1.82) is 0 Å². The lowest BCUT2D eigenvalue weighted by Gasteiger charge is -2.29. The third-order valence-corrected chi connectivity index (χ3v) is 2.30. The molecule has 2 aliphatic carbocycles. The van der Waals surface area contributed by atoms with Crippen LogP contribution in [0.4, 0.5) is 0 Å². The maximum Gasteiger partial charge on any atom is -0.0202 e. The zero-order valence-corrected chi connectivity index (χ0v) is 4.43. The van der Waals surface area contributed by atoms with Crippen LogP contribution in [0.2, 0.25) is 0 Å². The molecular weight excluding hydrogens is 84.1 g/mol. The van der Waals surface area contributed by atoms with Gasteiger partial charge in [-0.05, 0) is 31.1 Å². The third-order valence-electron chi connectivity index (χ3n) is 2.30. The number of hydrogen-bond donors (Lipinski definition) is 0. The minimum atomic E-state index is 1.01. The summed E-state index contributed by atoms with van der Waals surface area (Å²) in [5.74, 6) is 2.10. The second-order valence-corrected chi connectivity index (χ2v) is 2.67. The highest BCUT2D eigenvalue weighted by atomic mass is 14.3. The van der Waals surface area contributed by atoms with Gasteiger partial charge in [0.25, 0.3) is 0 Å². The van der Waals surface area contributed by atoms with E-state index in [1.54, 1.807) is 0 Å². The summed E-state index contributed by atoms with van der Waals surface area (Å²) in [4.78, 5) is 0. The summed E-state index contributed by atoms with van der Waals surface area (Å²) in [5, 5.41) is 0. The molecule has 0 aromatic rings. The highest BCUT2D eigenvalue weighted by Gasteiger charge is 2.30. The van der Waals surface area contributed by atoms with E-state index in [1.165, 1.54) is 19.3 Å². The van der Waals surface area contributed by atoms with E-state index in [4.69, 9.17) is 0 Å². The molecule has 0 spiro atoms. The van der Waals surface area contributed by atoms with Crippen LogP contribution in [0.1, 0.15) is 19.3 Å². The monoisotopic (exact) mass is 94.1 g/mol. The highest BCUT2D eigenvalue weighted by molar-refractivity contribution is 5.05. The first-order valence-electron chi connectivity index (χ1n) is 3.13. The topological polar surface area (TPSA) is 0 Å². The smallest absolute Gasteiger partial charge is 0.0202 e. The van der Waals surface area contributed by atoms with Gasteiger partial charge in [0, 0.05) is 0 Å². The van der Waals surface area contributed by atoms with Crippen LogP contribution >= 0.6 is 0 Å². The quantitative estimate of drug-likeness (QED) is 0.402. The Morgan fingerprint density at radius 1 is 1.29 bits per heavy atom. The zero-order chi connectivity index (χ0) is 4.69. The Balaban J connectivity index is 2.14. The van der Waals surface area contributed by atoms with E-state index in [9.17, 15) is 0 Å². The van der Waals surface area contributed by atoms with Gasteiger partial charge in [0.15, 0.2) is 0 Å². The van der Waals surface area contributed by atoms with Crippen LogP contribution in [0.25, 0.3) is 0 Å². The van der Waals surface area contributed by atoms with Crippen molar-refractivity contribution in [2.24, 2.45) is 11.8 Å². The van der Waals surface area contributed by atoms with E-state index in [0.717, 1.165) is 11.8 Å². The first-order chi connectivity index (χ1) is 3.47. The maximum absolute atomic E-state index is 2.38. The Morgan fingerprint density at radius 3 is 2.57 bits per heavy atom. The van der Waals surface area contributed by atoms with Gasteiger partial charge in [0.1, 0.15) is 0 Å². The molecule has 0 aliphatic heterocycles. The van der Waals surface area contributed by atoms with Crippen LogP contribution in [0.5, 0.6) is 0 Å². The van der Waals surface area contributed by atoms with Crippen LogP contribution in [0.15, 0.2) is 12.2 Å². The van der Waals surface area contributed by atoms with Crippen molar-refractivity contribution in [2.75, 3.05) is 0 Å². The Kier molecular flexibility index (Phi) is 0.592. The normalized spacial score (nSPS) is 45.7. The number of fused-ring (bicyclic) bond motifs is 1. The Hall–Kier alpha value is -0.260. The summed E-state index contributed by atoms with van der Waals surface area (Å²) in [6.45, 7) is 0. The lowest BCUT2D eigenvalue weighted by molar-refractivity contribution is 0.249. The summed E-state index contributed by atoms with van der Waals surface area (Å²) in [7, 11) is 0. The van der Waals surface area contributed by atoms with E-state index >= 15 is 0 Å². The van der Waals surface area contributed by atoms with Crippen LogP contribution < -0.4 is 0 Å². The number of allylic oxidation sites excluding steroid dienone is 2. The van der Waals surface area contributed by atoms with Gasteiger partial charge in [-0.15, -0.1) is 0 Å². The fraction of sp³-hybridized carbons (Fsp3) is 0.714. The SMILES string of the molecule is C1=CC2CCC2C1. The minimum absolute atomic E-state index is 1.01. The Labute approximate surface area is 44.2 Å². The van der Waals surface area contributed by atoms with Crippen molar-refractivity contribution in [2.45, 2.75) is 19.3 Å². The molecule has 0 N–H and O–H groups in total. The van der Waals surface area contributed by atoms with Gasteiger partial charge in [-0.25, -0.2) is 0 Å². The van der Waals surface area contributed by atoms with Gasteiger partial charge in [-0.1, -0.05) is 12.2 Å². The van der Waals surface area contributed by atoms with Gasteiger partial charge < -0.3 is 0 Å². The second-order valence-electron chi connectivity index (χ2n) is 2.67. The van der Waals surface area contributed by atoms with E-state index in [-0.39, 0.29) is 0 Å². The first kappa shape index (κ1) is 3.71. The van der Waals surface area contributed by atoms with E-state index in [2.05, 4.69) is 12.2 Å². The number of hydrogen-bond acceptors (Lipinski definition) is 0. The zero-order valence-electron chi connectivity index (χ0n) is 4.43. The van der Waals surface area contributed by atoms with Gasteiger partial charge in [0.05, 0.1) is 0 Å². The molecule has 0 aromatic heterocycles. The molecule has 0 radical (unpaired) electrons. The predicted molar refractivity (Wildman–Crippen MR) is 30.0 cm³/mol. The summed E-state index contributed by atoms with van der Waals surface area (Å²) < 4.78 is 0. The fourth-order valence-electron chi connectivity index (χ4n) is 1.57. The Bertz CT molecular complexity index is 103. The van der Waals surface area contributed by atoms with Crippen LogP contribution in [0, 0.1) is 11.8 Å². The maximum atomic E-state index is 2.38. The molecule has 0 heteroatoms. The molecule has 0 aromatic carbocycles. The summed E-state index contributed by atoms with van der Waals surface area (Å²) in [6, 6.07) is 0. The standard InChI is InChI=1S/C7H10/c1-2-6-4-5-7(6)3-1/h1-2,6-7H,3-5H2. The lowest BCUT2D eigenvalue weighted by atomic mass is 9.76. The molecule has 1 fully saturated rings. The summed E-state index contributed by atoms with van der Waals surface area (Å²) in [5.41, 5.74) is 0. The minimum Gasteiger partial charge on any atom is -0.0880 e. The van der Waals surface area contributed by atoms with Gasteiger partial charge >= 0.3 is 0 Å². The summed E-state index contributed by atoms with van der Waals surface area (Å²) >= 11 is 0. The predicted octanol–water partition coefficient (Wildman–Crippen LogP) is 1.97. The van der Waals surface area contributed by atoms with E-state index in [0.29, 0.717) is 0 Å². The lowest BCUT2D eigenvalue weighted by Crippen LogP contribution is -2.18. The molecule has 1 saturated carbocycles. The first-order valence-corrected chi connectivity index (χ1v) is 3.13. The number of rotatable bonds is 0. The van der Waals surface area contributed by atoms with Crippen LogP contribution in [0.3, 0.4) is 0 Å². The molecule has 0 bridgehead atoms. The average Bonchev–Trinajstić information content (AvgIpc) is 1.85. The molecule has 0 saturated heterocycles. The van der Waals surface area contributed by atoms with Crippen LogP contribution in [-0.2, 0) is 0 Å². The van der Waals surface area contributed by atoms with Gasteiger partial charge in [-0.3, -0.25) is 0 Å². The molecule has 0 heterocycles. The van der Waals surface area contributed by atoms with E-state index in [1.807, 2.05) is 0 Å². The molecule has 0 nitrogen and oxygen atoms in total. The molecule has 7 heavy (non-hydrogen) atoms. The van der Waals surface area contributed by atoms with Gasteiger partial charge in [-0.2, -0.15) is 0 Å². The molecule has 2 rings (SSSR count). The van der Waals surface area contributed by atoms with Crippen molar-refractivity contribution in [3.05, 3.63) is 12.2 Å². The molecule has 2 aliphatic rings. The molecule has 38 valence electrons. The molecule has 0 amide bonds.